The fourth-order valence-electron chi connectivity index (χ4n) is 1.56. The van der Waals surface area contributed by atoms with Gasteiger partial charge in [-0.15, -0.1) is 0 Å². The normalized spacial score (nSPS) is 13.2. The molecule has 0 aliphatic carbocycles. The molecule has 0 aliphatic heterocycles. The fourth-order valence-corrected chi connectivity index (χ4v) is 1.56. The molecule has 0 fully saturated rings. The molecule has 0 amide bonds. The number of hydrogen-bond donors (Lipinski definition) is 0. The van der Waals surface area contributed by atoms with Crippen LogP contribution >= 0.6 is 0 Å². The molecule has 78 valence electrons. The second-order valence-electron chi connectivity index (χ2n) is 4.36. The Bertz CT molecular complexity index is 278. The number of aromatic nitrogens is 1. The summed E-state index contributed by atoms with van der Waals surface area (Å²) in [7, 11) is 0. The first kappa shape index (κ1) is 11.2. The van der Waals surface area contributed by atoms with Crippen molar-refractivity contribution >= 4 is 0 Å². The lowest BCUT2D eigenvalue weighted by molar-refractivity contribution is 0.534. The van der Waals surface area contributed by atoms with E-state index in [0.29, 0.717) is 11.8 Å². The van der Waals surface area contributed by atoms with Gasteiger partial charge in [-0.2, -0.15) is 0 Å². The van der Waals surface area contributed by atoms with Crippen molar-refractivity contribution in [2.24, 2.45) is 5.92 Å². The number of rotatable bonds is 4. The third-order valence-electron chi connectivity index (χ3n) is 2.87. The monoisotopic (exact) mass is 191 g/mol. The summed E-state index contributed by atoms with van der Waals surface area (Å²) in [6.45, 7) is 9.02. The first-order chi connectivity index (χ1) is 6.65. The van der Waals surface area contributed by atoms with Crippen LogP contribution in [0.4, 0.5) is 0 Å². The van der Waals surface area contributed by atoms with Gasteiger partial charge >= 0.3 is 0 Å². The van der Waals surface area contributed by atoms with Crippen molar-refractivity contribution in [1.82, 2.24) is 4.98 Å². The molecule has 1 unspecified atom stereocenters. The van der Waals surface area contributed by atoms with E-state index in [-0.39, 0.29) is 0 Å². The number of nitrogens with zero attached hydrogens (tertiary/aromatic N) is 1. The molecule has 1 nitrogen and oxygen atoms in total. The Morgan fingerprint density at radius 3 is 2.57 bits per heavy atom. The lowest BCUT2D eigenvalue weighted by Gasteiger charge is -2.16. The van der Waals surface area contributed by atoms with Crippen molar-refractivity contribution in [3.8, 4) is 0 Å². The highest BCUT2D eigenvalue weighted by Gasteiger charge is 2.10. The molecule has 1 heterocycles. The van der Waals surface area contributed by atoms with E-state index in [1.165, 1.54) is 17.7 Å². The van der Waals surface area contributed by atoms with E-state index in [4.69, 9.17) is 0 Å². The van der Waals surface area contributed by atoms with Gasteiger partial charge in [0, 0.05) is 11.9 Å². The van der Waals surface area contributed by atoms with Crippen molar-refractivity contribution < 1.29 is 0 Å². The van der Waals surface area contributed by atoms with E-state index < -0.39 is 0 Å². The summed E-state index contributed by atoms with van der Waals surface area (Å²) in [5.74, 6) is 1.33. The lowest BCUT2D eigenvalue weighted by atomic mass is 9.90. The Balaban J connectivity index is 2.82. The van der Waals surface area contributed by atoms with Crippen LogP contribution in [0.1, 0.15) is 51.3 Å². The summed E-state index contributed by atoms with van der Waals surface area (Å²) in [6.07, 6.45) is 4.21. The average Bonchev–Trinajstić information content (AvgIpc) is 2.17. The maximum atomic E-state index is 4.37. The topological polar surface area (TPSA) is 12.9 Å². The summed E-state index contributed by atoms with van der Waals surface area (Å²) in [5, 5.41) is 0. The molecule has 0 saturated carbocycles. The molecule has 0 bridgehead atoms. The average molecular weight is 191 g/mol. The van der Waals surface area contributed by atoms with Crippen LogP contribution in [0, 0.1) is 5.92 Å². The quantitative estimate of drug-likeness (QED) is 0.705. The first-order valence-electron chi connectivity index (χ1n) is 5.60. The van der Waals surface area contributed by atoms with Gasteiger partial charge in [-0.1, -0.05) is 34.1 Å². The van der Waals surface area contributed by atoms with Crippen molar-refractivity contribution in [1.29, 1.82) is 0 Å². The molecule has 0 aromatic carbocycles. The summed E-state index contributed by atoms with van der Waals surface area (Å²) < 4.78 is 0. The largest absolute Gasteiger partial charge is 0.261 e. The molecule has 0 saturated heterocycles. The number of hydrogen-bond acceptors (Lipinski definition) is 1. The van der Waals surface area contributed by atoms with Gasteiger partial charge in [0.15, 0.2) is 0 Å². The van der Waals surface area contributed by atoms with Gasteiger partial charge in [-0.25, -0.2) is 0 Å². The Labute approximate surface area is 87.6 Å². The highest BCUT2D eigenvalue weighted by Crippen LogP contribution is 2.23. The molecule has 1 atom stereocenters. The number of pyridine rings is 1. The van der Waals surface area contributed by atoms with Gasteiger partial charge < -0.3 is 0 Å². The predicted molar refractivity (Wildman–Crippen MR) is 61.5 cm³/mol. The minimum Gasteiger partial charge on any atom is -0.261 e. The SMILES string of the molecule is CCCc1cc(C(C)C(C)C)ccn1. The van der Waals surface area contributed by atoms with Crippen molar-refractivity contribution in [3.63, 3.8) is 0 Å². The van der Waals surface area contributed by atoms with Crippen molar-refractivity contribution in [3.05, 3.63) is 29.6 Å². The highest BCUT2D eigenvalue weighted by molar-refractivity contribution is 5.20. The maximum absolute atomic E-state index is 4.37. The second-order valence-corrected chi connectivity index (χ2v) is 4.36. The van der Waals surface area contributed by atoms with Crippen LogP contribution in [0.2, 0.25) is 0 Å². The third kappa shape index (κ3) is 2.83. The Morgan fingerprint density at radius 1 is 1.29 bits per heavy atom. The van der Waals surface area contributed by atoms with E-state index in [1.807, 2.05) is 6.20 Å². The van der Waals surface area contributed by atoms with Crippen LogP contribution in [0.25, 0.3) is 0 Å². The number of aryl methyl sites for hydroxylation is 1. The zero-order valence-corrected chi connectivity index (χ0v) is 9.75. The molecule has 1 heteroatoms. The molecule has 1 rings (SSSR count). The highest BCUT2D eigenvalue weighted by atomic mass is 14.7. The molecule has 0 N–H and O–H groups in total. The van der Waals surface area contributed by atoms with Crippen LogP contribution in [0.15, 0.2) is 18.3 Å². The lowest BCUT2D eigenvalue weighted by Crippen LogP contribution is -2.03. The van der Waals surface area contributed by atoms with Crippen LogP contribution in [0.5, 0.6) is 0 Å². The van der Waals surface area contributed by atoms with Crippen molar-refractivity contribution in [2.45, 2.75) is 46.5 Å². The molecule has 1 aromatic heterocycles. The molecule has 0 radical (unpaired) electrons. The smallest absolute Gasteiger partial charge is 0.0406 e. The van der Waals surface area contributed by atoms with Gasteiger partial charge in [0.1, 0.15) is 0 Å². The van der Waals surface area contributed by atoms with Gasteiger partial charge in [0.2, 0.25) is 0 Å². The van der Waals surface area contributed by atoms with Crippen LogP contribution in [0.3, 0.4) is 0 Å². The summed E-state index contributed by atoms with van der Waals surface area (Å²) in [5.41, 5.74) is 2.66. The van der Waals surface area contributed by atoms with Gasteiger partial charge in [0.25, 0.3) is 0 Å². The molecule has 14 heavy (non-hydrogen) atoms. The molecular weight excluding hydrogens is 170 g/mol. The standard InChI is InChI=1S/C13H21N/c1-5-6-13-9-12(7-8-14-13)11(4)10(2)3/h7-11H,5-6H2,1-4H3. The summed E-state index contributed by atoms with van der Waals surface area (Å²) in [4.78, 5) is 4.37. The zero-order chi connectivity index (χ0) is 10.6. The van der Waals surface area contributed by atoms with Gasteiger partial charge in [-0.05, 0) is 36.0 Å². The minimum atomic E-state index is 0.633. The second kappa shape index (κ2) is 5.14. The van der Waals surface area contributed by atoms with Crippen LogP contribution < -0.4 is 0 Å². The Hall–Kier alpha value is -0.850. The van der Waals surface area contributed by atoms with E-state index in [0.717, 1.165) is 6.42 Å². The zero-order valence-electron chi connectivity index (χ0n) is 9.75. The first-order valence-corrected chi connectivity index (χ1v) is 5.60. The van der Waals surface area contributed by atoms with E-state index in [1.54, 1.807) is 0 Å². The Kier molecular flexibility index (Phi) is 4.12. The summed E-state index contributed by atoms with van der Waals surface area (Å²) >= 11 is 0. The van der Waals surface area contributed by atoms with Crippen molar-refractivity contribution in [2.75, 3.05) is 0 Å². The van der Waals surface area contributed by atoms with E-state index in [2.05, 4.69) is 44.8 Å². The van der Waals surface area contributed by atoms with Crippen LogP contribution in [-0.4, -0.2) is 4.98 Å². The van der Waals surface area contributed by atoms with E-state index in [9.17, 15) is 0 Å². The van der Waals surface area contributed by atoms with Crippen LogP contribution in [-0.2, 0) is 6.42 Å². The third-order valence-corrected chi connectivity index (χ3v) is 2.87. The van der Waals surface area contributed by atoms with Gasteiger partial charge in [-0.3, -0.25) is 4.98 Å². The molecule has 1 aromatic rings. The minimum absolute atomic E-state index is 0.633. The Morgan fingerprint density at radius 2 is 2.00 bits per heavy atom. The van der Waals surface area contributed by atoms with Gasteiger partial charge in [0.05, 0.1) is 0 Å². The fraction of sp³-hybridized carbons (Fsp3) is 0.615. The molecular formula is C13H21N. The predicted octanol–water partition coefficient (Wildman–Crippen LogP) is 3.79. The molecule has 0 aliphatic rings. The summed E-state index contributed by atoms with van der Waals surface area (Å²) in [6, 6.07) is 4.40. The maximum Gasteiger partial charge on any atom is 0.0406 e. The van der Waals surface area contributed by atoms with E-state index >= 15 is 0 Å². The molecule has 0 spiro atoms.